The second-order valence-corrected chi connectivity index (χ2v) is 7.60. The Kier molecular flexibility index (Phi) is 4.53. The highest BCUT2D eigenvalue weighted by Gasteiger charge is 2.19. The number of aromatic nitrogens is 1. The predicted molar refractivity (Wildman–Crippen MR) is 98.9 cm³/mol. The third kappa shape index (κ3) is 3.74. The van der Waals surface area contributed by atoms with Crippen LogP contribution in [0.5, 0.6) is 5.75 Å². The van der Waals surface area contributed by atoms with Gasteiger partial charge in [0.15, 0.2) is 11.7 Å². The van der Waals surface area contributed by atoms with E-state index in [1.54, 1.807) is 0 Å². The lowest BCUT2D eigenvalue weighted by Gasteiger charge is -2.22. The van der Waals surface area contributed by atoms with Crippen LogP contribution in [0.2, 0.25) is 0 Å². The molecule has 2 aromatic carbocycles. The van der Waals surface area contributed by atoms with E-state index in [0.29, 0.717) is 5.13 Å². The molecule has 0 unspecified atom stereocenters. The number of anilines is 1. The van der Waals surface area contributed by atoms with Gasteiger partial charge in [-0.3, -0.25) is 10.1 Å². The van der Waals surface area contributed by atoms with Crippen molar-refractivity contribution in [2.24, 2.45) is 0 Å². The van der Waals surface area contributed by atoms with E-state index in [-0.39, 0.29) is 17.9 Å². The smallest absolute Gasteiger partial charge is 0.264 e. The number of nitrogens with one attached hydrogen (secondary N) is 1. The van der Waals surface area contributed by atoms with E-state index in [0.717, 1.165) is 21.5 Å². The third-order valence-corrected chi connectivity index (χ3v) is 4.55. The first kappa shape index (κ1) is 16.5. The zero-order valence-corrected chi connectivity index (χ0v) is 14.8. The van der Waals surface area contributed by atoms with E-state index in [1.165, 1.54) is 11.3 Å². The number of para-hydroxylation sites is 2. The number of hydrogen-bond donors (Lipinski definition) is 1. The molecule has 124 valence electrons. The van der Waals surface area contributed by atoms with Gasteiger partial charge in [-0.05, 0) is 29.2 Å². The van der Waals surface area contributed by atoms with Gasteiger partial charge in [0.2, 0.25) is 0 Å². The summed E-state index contributed by atoms with van der Waals surface area (Å²) in [7, 11) is 0. The van der Waals surface area contributed by atoms with Gasteiger partial charge in [0, 0.05) is 0 Å². The highest BCUT2D eigenvalue weighted by atomic mass is 32.1. The van der Waals surface area contributed by atoms with E-state index >= 15 is 0 Å². The minimum Gasteiger partial charge on any atom is -0.483 e. The molecule has 0 spiro atoms. The maximum atomic E-state index is 12.2. The molecule has 0 bridgehead atoms. The van der Waals surface area contributed by atoms with Gasteiger partial charge in [-0.2, -0.15) is 0 Å². The maximum absolute atomic E-state index is 12.2. The first-order valence-corrected chi connectivity index (χ1v) is 8.63. The van der Waals surface area contributed by atoms with Crippen LogP contribution < -0.4 is 10.1 Å². The number of ether oxygens (including phenoxy) is 1. The Morgan fingerprint density at radius 1 is 1.12 bits per heavy atom. The zero-order chi connectivity index (χ0) is 17.2. The average molecular weight is 340 g/mol. The van der Waals surface area contributed by atoms with E-state index < -0.39 is 0 Å². The molecule has 1 amide bonds. The lowest BCUT2D eigenvalue weighted by atomic mass is 9.86. The minimum absolute atomic E-state index is 0.0387. The minimum atomic E-state index is -0.210. The van der Waals surface area contributed by atoms with E-state index in [2.05, 4.69) is 31.1 Å². The van der Waals surface area contributed by atoms with Gasteiger partial charge in [-0.1, -0.05) is 62.4 Å². The van der Waals surface area contributed by atoms with Crippen LogP contribution >= 0.6 is 11.3 Å². The summed E-state index contributed by atoms with van der Waals surface area (Å²) >= 11 is 1.46. The van der Waals surface area contributed by atoms with Crippen LogP contribution in [0.4, 0.5) is 5.13 Å². The number of rotatable bonds is 4. The molecule has 0 radical (unpaired) electrons. The zero-order valence-electron chi connectivity index (χ0n) is 14.0. The van der Waals surface area contributed by atoms with Gasteiger partial charge in [0.25, 0.3) is 5.91 Å². The molecule has 4 nitrogen and oxygen atoms in total. The first-order valence-electron chi connectivity index (χ1n) is 7.81. The number of benzene rings is 2. The van der Waals surface area contributed by atoms with Crippen LogP contribution in [-0.2, 0) is 10.2 Å². The lowest BCUT2D eigenvalue weighted by molar-refractivity contribution is -0.118. The van der Waals surface area contributed by atoms with Crippen molar-refractivity contribution in [1.82, 2.24) is 4.98 Å². The third-order valence-electron chi connectivity index (χ3n) is 3.59. The molecule has 1 N–H and O–H groups in total. The van der Waals surface area contributed by atoms with Crippen LogP contribution in [0.3, 0.4) is 0 Å². The molecule has 0 aliphatic rings. The highest BCUT2D eigenvalue weighted by molar-refractivity contribution is 7.22. The number of nitrogens with zero attached hydrogens (tertiary/aromatic N) is 1. The largest absolute Gasteiger partial charge is 0.483 e. The monoisotopic (exact) mass is 340 g/mol. The topological polar surface area (TPSA) is 51.2 Å². The first-order chi connectivity index (χ1) is 11.4. The predicted octanol–water partition coefficient (Wildman–Crippen LogP) is 4.61. The van der Waals surface area contributed by atoms with Gasteiger partial charge < -0.3 is 4.74 Å². The summed E-state index contributed by atoms with van der Waals surface area (Å²) in [6.45, 7) is 6.33. The lowest BCUT2D eigenvalue weighted by Crippen LogP contribution is -2.21. The number of carbonyl (C=O) groups is 1. The molecular weight excluding hydrogens is 320 g/mol. The fourth-order valence-corrected chi connectivity index (χ4v) is 3.32. The quantitative estimate of drug-likeness (QED) is 0.754. The SMILES string of the molecule is CC(C)(C)c1ccccc1OCC(=O)Nc1nc2ccccc2s1. The van der Waals surface area contributed by atoms with Crippen molar-refractivity contribution in [2.45, 2.75) is 26.2 Å². The molecule has 3 rings (SSSR count). The fourth-order valence-electron chi connectivity index (χ4n) is 2.44. The molecule has 24 heavy (non-hydrogen) atoms. The summed E-state index contributed by atoms with van der Waals surface area (Å²) in [4.78, 5) is 16.5. The standard InChI is InChI=1S/C19H20N2O2S/c1-19(2,3)13-8-4-6-10-15(13)23-12-17(22)21-18-20-14-9-5-7-11-16(14)24-18/h4-11H,12H2,1-3H3,(H,20,21,22). The molecule has 0 atom stereocenters. The molecule has 0 aliphatic heterocycles. The van der Waals surface area contributed by atoms with Gasteiger partial charge in [-0.15, -0.1) is 0 Å². The van der Waals surface area contributed by atoms with Crippen LogP contribution in [0, 0.1) is 0 Å². The summed E-state index contributed by atoms with van der Waals surface area (Å²) in [5, 5.41) is 3.39. The Morgan fingerprint density at radius 3 is 2.58 bits per heavy atom. The molecule has 0 aliphatic carbocycles. The van der Waals surface area contributed by atoms with Gasteiger partial charge in [-0.25, -0.2) is 4.98 Å². The Morgan fingerprint density at radius 2 is 1.83 bits per heavy atom. The number of fused-ring (bicyclic) bond motifs is 1. The van der Waals surface area contributed by atoms with Gasteiger partial charge in [0.05, 0.1) is 10.2 Å². The molecule has 5 heteroatoms. The van der Waals surface area contributed by atoms with E-state index in [9.17, 15) is 4.79 Å². The Labute approximate surface area is 145 Å². The van der Waals surface area contributed by atoms with Gasteiger partial charge >= 0.3 is 0 Å². The summed E-state index contributed by atoms with van der Waals surface area (Å²) in [5.41, 5.74) is 1.93. The van der Waals surface area contributed by atoms with Crippen LogP contribution in [0.25, 0.3) is 10.2 Å². The molecule has 1 heterocycles. The summed E-state index contributed by atoms with van der Waals surface area (Å²) in [6.07, 6.45) is 0. The number of amides is 1. The molecule has 3 aromatic rings. The van der Waals surface area contributed by atoms with Crippen LogP contribution in [0.15, 0.2) is 48.5 Å². The normalized spacial score (nSPS) is 11.5. The second kappa shape index (κ2) is 6.61. The number of carbonyl (C=O) groups excluding carboxylic acids is 1. The van der Waals surface area contributed by atoms with E-state index in [4.69, 9.17) is 4.74 Å². The van der Waals surface area contributed by atoms with Crippen LogP contribution in [0.1, 0.15) is 26.3 Å². The highest BCUT2D eigenvalue weighted by Crippen LogP contribution is 2.31. The molecule has 0 fully saturated rings. The van der Waals surface area contributed by atoms with Crippen LogP contribution in [-0.4, -0.2) is 17.5 Å². The van der Waals surface area contributed by atoms with Gasteiger partial charge in [0.1, 0.15) is 5.75 Å². The maximum Gasteiger partial charge on any atom is 0.264 e. The van der Waals surface area contributed by atoms with Crippen molar-refractivity contribution in [3.05, 3.63) is 54.1 Å². The van der Waals surface area contributed by atoms with Crippen molar-refractivity contribution in [1.29, 1.82) is 0 Å². The molecular formula is C19H20N2O2S. The Balaban J connectivity index is 1.66. The van der Waals surface area contributed by atoms with Crippen molar-refractivity contribution >= 4 is 32.6 Å². The molecule has 0 saturated heterocycles. The second-order valence-electron chi connectivity index (χ2n) is 6.57. The van der Waals surface area contributed by atoms with Crippen molar-refractivity contribution < 1.29 is 9.53 Å². The van der Waals surface area contributed by atoms with E-state index in [1.807, 2.05) is 48.5 Å². The molecule has 0 saturated carbocycles. The fraction of sp³-hybridized carbons (Fsp3) is 0.263. The van der Waals surface area contributed by atoms with Crippen molar-refractivity contribution in [3.63, 3.8) is 0 Å². The number of hydrogen-bond acceptors (Lipinski definition) is 4. The average Bonchev–Trinajstić information content (AvgIpc) is 2.94. The Hall–Kier alpha value is -2.40. The summed E-state index contributed by atoms with van der Waals surface area (Å²) in [5.74, 6) is 0.530. The number of thiazole rings is 1. The Bertz CT molecular complexity index is 832. The van der Waals surface area contributed by atoms with Crippen molar-refractivity contribution in [3.8, 4) is 5.75 Å². The summed E-state index contributed by atoms with van der Waals surface area (Å²) < 4.78 is 6.78. The summed E-state index contributed by atoms with van der Waals surface area (Å²) in [6, 6.07) is 15.6. The molecule has 1 aromatic heterocycles. The van der Waals surface area contributed by atoms with Crippen molar-refractivity contribution in [2.75, 3.05) is 11.9 Å².